The molecule has 33 heavy (non-hydrogen) atoms. The van der Waals surface area contributed by atoms with E-state index in [9.17, 15) is 14.0 Å². The maximum Gasteiger partial charge on any atom is 0.295 e. The molecule has 0 spiro atoms. The van der Waals surface area contributed by atoms with Gasteiger partial charge in [-0.25, -0.2) is 4.39 Å². The Morgan fingerprint density at radius 1 is 0.970 bits per heavy atom. The van der Waals surface area contributed by atoms with Gasteiger partial charge in [0.2, 0.25) is 5.76 Å². The molecule has 0 saturated heterocycles. The van der Waals surface area contributed by atoms with Crippen molar-refractivity contribution in [3.8, 4) is 5.75 Å². The molecule has 3 aromatic carbocycles. The van der Waals surface area contributed by atoms with E-state index in [1.165, 1.54) is 12.1 Å². The predicted octanol–water partition coefficient (Wildman–Crippen LogP) is 5.64. The second-order valence-corrected chi connectivity index (χ2v) is 7.91. The number of carbonyl (C=O) groups is 1. The number of carbonyl (C=O) groups excluding carboxylic acids is 1. The summed E-state index contributed by atoms with van der Waals surface area (Å²) in [5.41, 5.74) is 2.52. The van der Waals surface area contributed by atoms with Gasteiger partial charge in [-0.1, -0.05) is 31.2 Å². The molecule has 1 amide bonds. The van der Waals surface area contributed by atoms with Crippen LogP contribution in [0.4, 0.5) is 10.1 Å². The van der Waals surface area contributed by atoms with E-state index < -0.39 is 23.2 Å². The lowest BCUT2D eigenvalue weighted by molar-refractivity contribution is 0.0971. The van der Waals surface area contributed by atoms with E-state index in [0.717, 1.165) is 23.6 Å². The maximum atomic E-state index is 13.9. The largest absolute Gasteiger partial charge is 0.494 e. The molecule has 5 nitrogen and oxygen atoms in total. The van der Waals surface area contributed by atoms with Crippen LogP contribution in [0.2, 0.25) is 0 Å². The Morgan fingerprint density at radius 2 is 1.70 bits per heavy atom. The molecule has 1 unspecified atom stereocenters. The first kappa shape index (κ1) is 20.9. The molecule has 0 bridgehead atoms. The van der Waals surface area contributed by atoms with Gasteiger partial charge in [0.1, 0.15) is 17.1 Å². The summed E-state index contributed by atoms with van der Waals surface area (Å²) in [6, 6.07) is 18.0. The normalized spacial score (nSPS) is 15.2. The third-order valence-corrected chi connectivity index (χ3v) is 5.96. The van der Waals surface area contributed by atoms with E-state index in [2.05, 4.69) is 6.92 Å². The summed E-state index contributed by atoms with van der Waals surface area (Å²) in [4.78, 5) is 28.6. The van der Waals surface area contributed by atoms with Crippen LogP contribution in [0, 0.1) is 5.82 Å². The Labute approximate surface area is 190 Å². The molecule has 1 atom stereocenters. The number of anilines is 1. The molecule has 5 rings (SSSR count). The monoisotopic (exact) mass is 443 g/mol. The third-order valence-electron chi connectivity index (χ3n) is 5.96. The topological polar surface area (TPSA) is 59.8 Å². The van der Waals surface area contributed by atoms with Gasteiger partial charge in [-0.2, -0.15) is 0 Å². The Hall–Kier alpha value is -3.93. The minimum absolute atomic E-state index is 0.0161. The van der Waals surface area contributed by atoms with Crippen molar-refractivity contribution >= 4 is 22.6 Å². The Morgan fingerprint density at radius 3 is 2.36 bits per heavy atom. The summed E-state index contributed by atoms with van der Waals surface area (Å²) in [7, 11) is 0. The average molecular weight is 443 g/mol. The minimum atomic E-state index is -0.694. The van der Waals surface area contributed by atoms with Crippen molar-refractivity contribution in [2.75, 3.05) is 11.5 Å². The van der Waals surface area contributed by atoms with Crippen LogP contribution in [0.1, 0.15) is 47.1 Å². The van der Waals surface area contributed by atoms with Crippen LogP contribution in [-0.2, 0) is 6.42 Å². The van der Waals surface area contributed by atoms with E-state index in [0.29, 0.717) is 18.0 Å². The molecular weight excluding hydrogens is 421 g/mol. The molecular formula is C27H22FNO4. The average Bonchev–Trinajstić information content (AvgIpc) is 3.13. The van der Waals surface area contributed by atoms with Gasteiger partial charge in [0.25, 0.3) is 5.91 Å². The van der Waals surface area contributed by atoms with Crippen LogP contribution in [0.5, 0.6) is 5.75 Å². The first-order chi connectivity index (χ1) is 16.0. The summed E-state index contributed by atoms with van der Waals surface area (Å²) < 4.78 is 25.3. The van der Waals surface area contributed by atoms with Crippen LogP contribution in [0.25, 0.3) is 11.0 Å². The zero-order valence-electron chi connectivity index (χ0n) is 18.3. The molecule has 0 saturated carbocycles. The van der Waals surface area contributed by atoms with Crippen LogP contribution in [0.3, 0.4) is 0 Å². The minimum Gasteiger partial charge on any atom is -0.494 e. The third kappa shape index (κ3) is 3.48. The van der Waals surface area contributed by atoms with E-state index in [-0.39, 0.29) is 22.3 Å². The summed E-state index contributed by atoms with van der Waals surface area (Å²) in [6.07, 6.45) is 0.870. The number of hydrogen-bond donors (Lipinski definition) is 0. The highest BCUT2D eigenvalue weighted by atomic mass is 19.1. The van der Waals surface area contributed by atoms with Crippen LogP contribution < -0.4 is 15.1 Å². The zero-order chi connectivity index (χ0) is 23.1. The van der Waals surface area contributed by atoms with Crippen molar-refractivity contribution in [2.45, 2.75) is 26.3 Å². The number of fused-ring (bicyclic) bond motifs is 2. The standard InChI is InChI=1S/C27H22FNO4/c1-3-16-5-7-17(8-6-16)24-23-25(30)21-15-18(28)9-14-22(21)33-26(23)27(31)29(24)19-10-12-20(13-11-19)32-4-2/h5-15,24H,3-4H2,1-2H3. The van der Waals surface area contributed by atoms with Crippen molar-refractivity contribution in [1.29, 1.82) is 0 Å². The molecule has 1 aromatic heterocycles. The van der Waals surface area contributed by atoms with Crippen molar-refractivity contribution in [1.82, 2.24) is 0 Å². The molecule has 0 aliphatic carbocycles. The number of rotatable bonds is 5. The highest BCUT2D eigenvalue weighted by Gasteiger charge is 2.43. The van der Waals surface area contributed by atoms with Gasteiger partial charge in [0.05, 0.1) is 23.6 Å². The molecule has 1 aliphatic heterocycles. The Kier molecular flexibility index (Phi) is 5.21. The van der Waals surface area contributed by atoms with E-state index >= 15 is 0 Å². The number of hydrogen-bond acceptors (Lipinski definition) is 4. The van der Waals surface area contributed by atoms with Gasteiger partial charge in [-0.3, -0.25) is 14.5 Å². The lowest BCUT2D eigenvalue weighted by atomic mass is 9.97. The molecule has 166 valence electrons. The highest BCUT2D eigenvalue weighted by molar-refractivity contribution is 6.10. The first-order valence-electron chi connectivity index (χ1n) is 10.9. The zero-order valence-corrected chi connectivity index (χ0v) is 18.3. The molecule has 4 aromatic rings. The van der Waals surface area contributed by atoms with Crippen LogP contribution in [0.15, 0.2) is 75.9 Å². The van der Waals surface area contributed by atoms with Gasteiger partial charge in [0, 0.05) is 5.69 Å². The van der Waals surface area contributed by atoms with Crippen molar-refractivity contribution < 1.29 is 18.3 Å². The second-order valence-electron chi connectivity index (χ2n) is 7.91. The number of amides is 1. The molecule has 0 radical (unpaired) electrons. The lowest BCUT2D eigenvalue weighted by Gasteiger charge is -2.25. The van der Waals surface area contributed by atoms with Crippen LogP contribution >= 0.6 is 0 Å². The number of benzene rings is 3. The molecule has 1 aliphatic rings. The second kappa shape index (κ2) is 8.20. The fourth-order valence-corrected chi connectivity index (χ4v) is 4.33. The fraction of sp³-hybridized carbons (Fsp3) is 0.185. The molecule has 0 fully saturated rings. The van der Waals surface area contributed by atoms with E-state index in [4.69, 9.17) is 9.15 Å². The highest BCUT2D eigenvalue weighted by Crippen LogP contribution is 2.41. The van der Waals surface area contributed by atoms with Gasteiger partial charge >= 0.3 is 0 Å². The van der Waals surface area contributed by atoms with Crippen molar-refractivity contribution in [2.24, 2.45) is 0 Å². The summed E-state index contributed by atoms with van der Waals surface area (Å²) in [5, 5.41) is 0.116. The Balaban J connectivity index is 1.73. The van der Waals surface area contributed by atoms with E-state index in [1.807, 2.05) is 31.2 Å². The molecule has 2 heterocycles. The summed E-state index contributed by atoms with van der Waals surface area (Å²) in [6.45, 7) is 4.49. The van der Waals surface area contributed by atoms with Crippen molar-refractivity contribution in [3.05, 3.63) is 105 Å². The summed E-state index contributed by atoms with van der Waals surface area (Å²) >= 11 is 0. The summed E-state index contributed by atoms with van der Waals surface area (Å²) in [5.74, 6) is -0.282. The van der Waals surface area contributed by atoms with Gasteiger partial charge < -0.3 is 9.15 Å². The molecule has 6 heteroatoms. The number of nitrogens with zero attached hydrogens (tertiary/aromatic N) is 1. The quantitative estimate of drug-likeness (QED) is 0.400. The van der Waals surface area contributed by atoms with E-state index in [1.54, 1.807) is 29.2 Å². The number of aryl methyl sites for hydroxylation is 1. The predicted molar refractivity (Wildman–Crippen MR) is 125 cm³/mol. The van der Waals surface area contributed by atoms with Gasteiger partial charge in [-0.05, 0) is 66.9 Å². The Bertz CT molecular complexity index is 1410. The fourth-order valence-electron chi connectivity index (χ4n) is 4.33. The molecule has 0 N–H and O–H groups in total. The number of ether oxygens (including phenoxy) is 1. The lowest BCUT2D eigenvalue weighted by Crippen LogP contribution is -2.29. The SMILES string of the molecule is CCOc1ccc(N2C(=O)c3oc4ccc(F)cc4c(=O)c3C2c2ccc(CC)cc2)cc1. The van der Waals surface area contributed by atoms with Gasteiger partial charge in [0.15, 0.2) is 5.43 Å². The van der Waals surface area contributed by atoms with Gasteiger partial charge in [-0.15, -0.1) is 0 Å². The smallest absolute Gasteiger partial charge is 0.295 e. The van der Waals surface area contributed by atoms with Crippen LogP contribution in [-0.4, -0.2) is 12.5 Å². The first-order valence-corrected chi connectivity index (χ1v) is 10.9. The van der Waals surface area contributed by atoms with Crippen molar-refractivity contribution in [3.63, 3.8) is 0 Å². The maximum absolute atomic E-state index is 13.9. The number of halogens is 1.